The third kappa shape index (κ3) is 3.40. The van der Waals surface area contributed by atoms with Crippen LogP contribution in [0.15, 0.2) is 29.4 Å². The van der Waals surface area contributed by atoms with E-state index in [9.17, 15) is 14.9 Å². The van der Waals surface area contributed by atoms with Gasteiger partial charge >= 0.3 is 0 Å². The number of nitro benzene ring substituents is 1. The highest BCUT2D eigenvalue weighted by molar-refractivity contribution is 5.96. The fraction of sp³-hybridized carbons (Fsp3) is 0.429. The molecule has 6 heteroatoms. The number of amides is 1. The van der Waals surface area contributed by atoms with Gasteiger partial charge in [-0.25, -0.2) is 5.43 Å². The Bertz CT molecular complexity index is 537. The number of hydrazone groups is 1. The number of nitrogens with zero attached hydrogens (tertiary/aromatic N) is 2. The van der Waals surface area contributed by atoms with Crippen molar-refractivity contribution in [2.75, 3.05) is 0 Å². The summed E-state index contributed by atoms with van der Waals surface area (Å²) in [5.41, 5.74) is 3.88. The highest BCUT2D eigenvalue weighted by Gasteiger charge is 2.16. The number of benzene rings is 1. The highest BCUT2D eigenvalue weighted by atomic mass is 16.6. The van der Waals surface area contributed by atoms with Gasteiger partial charge in [-0.2, -0.15) is 5.10 Å². The summed E-state index contributed by atoms with van der Waals surface area (Å²) in [5.74, 6) is 0.0612. The van der Waals surface area contributed by atoms with E-state index in [-0.39, 0.29) is 11.6 Å². The number of carbonyl (C=O) groups is 1. The van der Waals surface area contributed by atoms with Gasteiger partial charge in [0.05, 0.1) is 4.92 Å². The maximum absolute atomic E-state index is 11.9. The first-order chi connectivity index (χ1) is 9.58. The summed E-state index contributed by atoms with van der Waals surface area (Å²) in [6.45, 7) is 2.11. The lowest BCUT2D eigenvalue weighted by Gasteiger charge is -2.19. The molecule has 0 saturated heterocycles. The standard InChI is InChI=1S/C14H17N3O3/c1-10-4-2-3-5-13(10)15-16-14(18)11-6-8-12(9-7-11)17(19)20/h6-10H,2-5H2,1H3,(H,16,18)/b15-13-. The van der Waals surface area contributed by atoms with Crippen molar-refractivity contribution in [3.05, 3.63) is 39.9 Å². The number of rotatable bonds is 3. The van der Waals surface area contributed by atoms with E-state index in [2.05, 4.69) is 17.5 Å². The Morgan fingerprint density at radius 2 is 2.05 bits per heavy atom. The van der Waals surface area contributed by atoms with Gasteiger partial charge in [0, 0.05) is 23.4 Å². The van der Waals surface area contributed by atoms with E-state index in [1.54, 1.807) is 0 Å². The van der Waals surface area contributed by atoms with Gasteiger partial charge in [-0.05, 0) is 37.3 Å². The Hall–Kier alpha value is -2.24. The van der Waals surface area contributed by atoms with Crippen LogP contribution in [0, 0.1) is 16.0 Å². The lowest BCUT2D eigenvalue weighted by Crippen LogP contribution is -2.24. The summed E-state index contributed by atoms with van der Waals surface area (Å²) < 4.78 is 0. The fourth-order valence-electron chi connectivity index (χ4n) is 2.26. The van der Waals surface area contributed by atoms with E-state index >= 15 is 0 Å². The first-order valence-electron chi connectivity index (χ1n) is 6.69. The van der Waals surface area contributed by atoms with Gasteiger partial charge in [-0.15, -0.1) is 0 Å². The van der Waals surface area contributed by atoms with E-state index in [1.165, 1.54) is 30.7 Å². The first-order valence-corrected chi connectivity index (χ1v) is 6.69. The van der Waals surface area contributed by atoms with Gasteiger partial charge in [0.25, 0.3) is 11.6 Å². The summed E-state index contributed by atoms with van der Waals surface area (Å²) in [6, 6.07) is 5.48. The van der Waals surface area contributed by atoms with E-state index in [0.717, 1.165) is 25.0 Å². The van der Waals surface area contributed by atoms with Crippen molar-refractivity contribution in [1.29, 1.82) is 0 Å². The van der Waals surface area contributed by atoms with Crippen LogP contribution < -0.4 is 5.43 Å². The van der Waals surface area contributed by atoms with Crippen LogP contribution >= 0.6 is 0 Å². The van der Waals surface area contributed by atoms with Crippen molar-refractivity contribution < 1.29 is 9.72 Å². The molecule has 1 unspecified atom stereocenters. The summed E-state index contributed by atoms with van der Waals surface area (Å²) in [6.07, 6.45) is 4.33. The number of hydrogen-bond acceptors (Lipinski definition) is 4. The van der Waals surface area contributed by atoms with Crippen LogP contribution in [0.4, 0.5) is 5.69 Å². The topological polar surface area (TPSA) is 84.6 Å². The Morgan fingerprint density at radius 3 is 2.65 bits per heavy atom. The highest BCUT2D eigenvalue weighted by Crippen LogP contribution is 2.20. The number of carbonyl (C=O) groups excluding carboxylic acids is 1. The third-order valence-corrected chi connectivity index (χ3v) is 3.53. The molecular weight excluding hydrogens is 258 g/mol. The van der Waals surface area contributed by atoms with E-state index in [1.807, 2.05) is 0 Å². The summed E-state index contributed by atoms with van der Waals surface area (Å²) in [4.78, 5) is 21.9. The zero-order valence-electron chi connectivity index (χ0n) is 11.3. The van der Waals surface area contributed by atoms with Crippen molar-refractivity contribution in [2.24, 2.45) is 11.0 Å². The summed E-state index contributed by atoms with van der Waals surface area (Å²) >= 11 is 0. The van der Waals surface area contributed by atoms with Crippen molar-refractivity contribution in [3.63, 3.8) is 0 Å². The van der Waals surface area contributed by atoms with Crippen molar-refractivity contribution in [2.45, 2.75) is 32.6 Å². The average molecular weight is 275 g/mol. The molecule has 20 heavy (non-hydrogen) atoms. The first kappa shape index (κ1) is 14.2. The lowest BCUT2D eigenvalue weighted by atomic mass is 9.89. The normalized spacial score (nSPS) is 20.6. The summed E-state index contributed by atoms with van der Waals surface area (Å²) in [7, 11) is 0. The van der Waals surface area contributed by atoms with Crippen LogP contribution in [0.5, 0.6) is 0 Å². The second-order valence-corrected chi connectivity index (χ2v) is 4.99. The molecule has 0 radical (unpaired) electrons. The number of nitrogens with one attached hydrogen (secondary N) is 1. The molecule has 1 aliphatic carbocycles. The quantitative estimate of drug-likeness (QED) is 0.680. The summed E-state index contributed by atoms with van der Waals surface area (Å²) in [5, 5.41) is 14.7. The van der Waals surface area contributed by atoms with E-state index < -0.39 is 4.92 Å². The molecule has 0 spiro atoms. The predicted molar refractivity (Wildman–Crippen MR) is 75.6 cm³/mol. The molecule has 0 aliphatic heterocycles. The maximum atomic E-state index is 11.9. The molecule has 106 valence electrons. The van der Waals surface area contributed by atoms with Crippen LogP contribution in [0.25, 0.3) is 0 Å². The number of nitro groups is 1. The smallest absolute Gasteiger partial charge is 0.267 e. The van der Waals surface area contributed by atoms with Crippen molar-refractivity contribution in [1.82, 2.24) is 5.43 Å². The van der Waals surface area contributed by atoms with Crippen LogP contribution in [0.2, 0.25) is 0 Å². The van der Waals surface area contributed by atoms with Gasteiger partial charge in [0.15, 0.2) is 0 Å². The van der Waals surface area contributed by atoms with Crippen LogP contribution in [0.1, 0.15) is 43.0 Å². The Morgan fingerprint density at radius 1 is 1.35 bits per heavy atom. The number of hydrogen-bond donors (Lipinski definition) is 1. The molecule has 1 saturated carbocycles. The van der Waals surface area contributed by atoms with Crippen LogP contribution in [0.3, 0.4) is 0 Å². The third-order valence-electron chi connectivity index (χ3n) is 3.53. The molecule has 0 aromatic heterocycles. The van der Waals surface area contributed by atoms with Gasteiger partial charge in [0.2, 0.25) is 0 Å². The molecule has 1 aromatic rings. The second kappa shape index (κ2) is 6.27. The molecule has 0 bridgehead atoms. The molecular formula is C14H17N3O3. The van der Waals surface area contributed by atoms with Crippen LogP contribution in [-0.2, 0) is 0 Å². The Labute approximate surface area is 117 Å². The van der Waals surface area contributed by atoms with Crippen molar-refractivity contribution in [3.8, 4) is 0 Å². The van der Waals surface area contributed by atoms with Gasteiger partial charge in [-0.3, -0.25) is 14.9 Å². The Balaban J connectivity index is 2.01. The monoisotopic (exact) mass is 275 g/mol. The minimum Gasteiger partial charge on any atom is -0.267 e. The predicted octanol–water partition coefficient (Wildman–Crippen LogP) is 2.89. The molecule has 1 N–H and O–H groups in total. The molecule has 2 rings (SSSR count). The van der Waals surface area contributed by atoms with E-state index in [0.29, 0.717) is 11.5 Å². The largest absolute Gasteiger partial charge is 0.271 e. The molecule has 1 fully saturated rings. The molecule has 0 heterocycles. The Kier molecular flexibility index (Phi) is 4.45. The minimum absolute atomic E-state index is 0.0335. The minimum atomic E-state index is -0.494. The maximum Gasteiger partial charge on any atom is 0.271 e. The molecule has 1 amide bonds. The van der Waals surface area contributed by atoms with Crippen molar-refractivity contribution >= 4 is 17.3 Å². The van der Waals surface area contributed by atoms with Gasteiger partial charge in [-0.1, -0.05) is 13.3 Å². The molecule has 6 nitrogen and oxygen atoms in total. The van der Waals surface area contributed by atoms with Gasteiger partial charge < -0.3 is 0 Å². The zero-order valence-corrected chi connectivity index (χ0v) is 11.3. The molecule has 1 atom stereocenters. The molecule has 1 aromatic carbocycles. The van der Waals surface area contributed by atoms with E-state index in [4.69, 9.17) is 0 Å². The van der Waals surface area contributed by atoms with Crippen LogP contribution in [-0.4, -0.2) is 16.5 Å². The average Bonchev–Trinajstić information content (AvgIpc) is 2.46. The van der Waals surface area contributed by atoms with Gasteiger partial charge in [0.1, 0.15) is 0 Å². The number of non-ortho nitro benzene ring substituents is 1. The zero-order chi connectivity index (χ0) is 14.5. The second-order valence-electron chi connectivity index (χ2n) is 4.99. The SMILES string of the molecule is CC1CCCC/C1=N/NC(=O)c1ccc([N+](=O)[O-])cc1. The molecule has 1 aliphatic rings. The lowest BCUT2D eigenvalue weighted by molar-refractivity contribution is -0.384. The fourth-order valence-corrected chi connectivity index (χ4v) is 2.26.